The topological polar surface area (TPSA) is 0 Å². The van der Waals surface area contributed by atoms with Crippen molar-refractivity contribution < 1.29 is 0 Å². The summed E-state index contributed by atoms with van der Waals surface area (Å²) in [6.07, 6.45) is 0. The van der Waals surface area contributed by atoms with Crippen molar-refractivity contribution in [3.8, 4) is 0 Å². The normalized spacial score (nSPS) is 0. The van der Waals surface area contributed by atoms with Crippen LogP contribution in [-0.4, -0.2) is 98.7 Å². The number of rotatable bonds is 0. The Labute approximate surface area is 96.9 Å². The zero-order chi connectivity index (χ0) is 0. The van der Waals surface area contributed by atoms with Crippen LogP contribution in [0.3, 0.4) is 0 Å². The molecule has 0 aliphatic carbocycles. The first kappa shape index (κ1) is 43.3. The van der Waals surface area contributed by atoms with Gasteiger partial charge in [-0.25, -0.2) is 0 Å². The summed E-state index contributed by atoms with van der Waals surface area (Å²) in [5.74, 6) is 0. The van der Waals surface area contributed by atoms with E-state index in [1.165, 1.54) is 0 Å². The largest absolute Gasteiger partial charge is 0 e. The molecule has 0 nitrogen and oxygen atoms in total. The summed E-state index contributed by atoms with van der Waals surface area (Å²) in [6, 6.07) is 0. The Morgan fingerprint density at radius 1 is 1.00 bits per heavy atom. The molecule has 0 fully saturated rings. The van der Waals surface area contributed by atoms with Gasteiger partial charge in [0.25, 0.3) is 0 Å². The van der Waals surface area contributed by atoms with Gasteiger partial charge in [0.1, 0.15) is 0 Å². The van der Waals surface area contributed by atoms with Gasteiger partial charge < -0.3 is 0 Å². The molecule has 0 N–H and O–H groups in total. The van der Waals surface area contributed by atoms with Crippen LogP contribution in [0.2, 0.25) is 0 Å². The molecule has 5 heteroatoms. The summed E-state index contributed by atoms with van der Waals surface area (Å²) in [6.45, 7) is 0. The number of hydrogen-bond acceptors (Lipinski definition) is 0. The second kappa shape index (κ2) is 27.9. The Bertz CT molecular complexity index is 11.6. The molecule has 0 aromatic rings. The molecule has 0 heterocycles. The predicted octanol–water partition coefficient (Wildman–Crippen LogP) is -4.31. The van der Waals surface area contributed by atoms with Crippen LogP contribution < -0.4 is 0 Å². The fourth-order valence-corrected chi connectivity index (χ4v) is 0. The molecule has 4 radical (unpaired) electrons. The van der Waals surface area contributed by atoms with Crippen molar-refractivity contribution in [1.82, 2.24) is 0 Å². The van der Waals surface area contributed by atoms with Gasteiger partial charge in [0, 0.05) is 35.7 Å². The maximum Gasteiger partial charge on any atom is 0 e. The Hall–Kier alpha value is 3.03. The molecule has 0 unspecified atom stereocenters. The third-order valence-electron chi connectivity index (χ3n) is 0. The van der Waals surface area contributed by atoms with Crippen molar-refractivity contribution in [3.05, 3.63) is 0 Å². The maximum atomic E-state index is 0. The third kappa shape index (κ3) is 19.4. The zero-order valence-electron chi connectivity index (χ0n) is 1.15. The van der Waals surface area contributed by atoms with Gasteiger partial charge in [0.15, 0.2) is 17.4 Å². The first-order valence-corrected chi connectivity index (χ1v) is 0. The van der Waals surface area contributed by atoms with E-state index in [2.05, 4.69) is 0 Å². The zero-order valence-corrected chi connectivity index (χ0v) is 5.64. The van der Waals surface area contributed by atoms with E-state index in [-0.39, 0.29) is 98.7 Å². The van der Waals surface area contributed by atoms with Crippen LogP contribution in [0, 0.1) is 0 Å². The fraction of sp³-hybridized carbons (Fsp3) is 0. The molecule has 24 valence electrons. The smallest absolute Gasteiger partial charge is 0 e. The quantitative estimate of drug-likeness (QED) is 0.338. The van der Waals surface area contributed by atoms with Crippen LogP contribution in [0.4, 0.5) is 0 Å². The molecule has 5 heavy (non-hydrogen) atoms. The Morgan fingerprint density at radius 3 is 1.00 bits per heavy atom. The van der Waals surface area contributed by atoms with Gasteiger partial charge in [-0.2, -0.15) is 0 Å². The molecule has 0 saturated heterocycles. The standard InChI is InChI=1S/Al.B.Ga.In.Tl.9H. The van der Waals surface area contributed by atoms with Crippen molar-refractivity contribution in [1.29, 1.82) is 0 Å². The summed E-state index contributed by atoms with van der Waals surface area (Å²) in [7, 11) is 0. The van der Waals surface area contributed by atoms with Crippen molar-refractivity contribution in [2.45, 2.75) is 0 Å². The van der Waals surface area contributed by atoms with Gasteiger partial charge in [-0.1, -0.05) is 0 Å². The molecule has 0 atom stereocenters. The molecule has 0 aromatic carbocycles. The number of hydrogen-bond donors (Lipinski definition) is 0. The average molecular weight is 436 g/mol. The van der Waals surface area contributed by atoms with Gasteiger partial charge in [0.2, 0.25) is 0 Å². The second-order valence-corrected chi connectivity index (χ2v) is 0. The molecular formula is H9AlBGaInTl. The van der Waals surface area contributed by atoms with Gasteiger partial charge in [-0.3, -0.25) is 0 Å². The van der Waals surface area contributed by atoms with Gasteiger partial charge in [-0.05, 0) is 0 Å². The molecular weight excluding hydrogens is 427 g/mol. The molecule has 0 bridgehead atoms. The van der Waals surface area contributed by atoms with E-state index in [4.69, 9.17) is 0 Å². The molecule has 0 rings (SSSR count). The maximum absolute atomic E-state index is 0. The Morgan fingerprint density at radius 2 is 1.00 bits per heavy atom. The van der Waals surface area contributed by atoms with Crippen LogP contribution in [-0.2, 0) is 0 Å². The summed E-state index contributed by atoms with van der Waals surface area (Å²) in [4.78, 5) is 0. The van der Waals surface area contributed by atoms with Crippen molar-refractivity contribution >= 4 is 98.7 Å². The fourth-order valence-electron chi connectivity index (χ4n) is 0. The van der Waals surface area contributed by atoms with E-state index in [9.17, 15) is 0 Å². The molecule has 0 spiro atoms. The first-order chi connectivity index (χ1) is 0. The van der Waals surface area contributed by atoms with Gasteiger partial charge in [0.05, 0.1) is 0 Å². The van der Waals surface area contributed by atoms with E-state index in [1.807, 2.05) is 0 Å². The van der Waals surface area contributed by atoms with E-state index in [1.54, 1.807) is 0 Å². The minimum absolute atomic E-state index is 0. The van der Waals surface area contributed by atoms with Crippen molar-refractivity contribution in [2.24, 2.45) is 0 Å². The van der Waals surface area contributed by atoms with Crippen molar-refractivity contribution in [3.63, 3.8) is 0 Å². The summed E-state index contributed by atoms with van der Waals surface area (Å²) < 4.78 is 0. The van der Waals surface area contributed by atoms with Crippen molar-refractivity contribution in [2.75, 3.05) is 0 Å². The van der Waals surface area contributed by atoms with Crippen LogP contribution in [0.25, 0.3) is 0 Å². The molecule has 0 aromatic heterocycles. The van der Waals surface area contributed by atoms with E-state index in [0.717, 1.165) is 0 Å². The van der Waals surface area contributed by atoms with Gasteiger partial charge in [-0.15, -0.1) is 0 Å². The van der Waals surface area contributed by atoms with E-state index in [0.29, 0.717) is 0 Å². The van der Waals surface area contributed by atoms with E-state index >= 15 is 0 Å². The summed E-state index contributed by atoms with van der Waals surface area (Å²) >= 11 is 0. The molecule has 0 aliphatic rings. The molecule has 0 saturated carbocycles. The first-order valence-electron chi connectivity index (χ1n) is 0. The van der Waals surface area contributed by atoms with Crippen LogP contribution >= 0.6 is 0 Å². The molecule has 0 aliphatic heterocycles. The monoisotopic (exact) mass is 436 g/mol. The minimum atomic E-state index is 0. The molecule has 0 amide bonds. The summed E-state index contributed by atoms with van der Waals surface area (Å²) in [5, 5.41) is 0. The summed E-state index contributed by atoms with van der Waals surface area (Å²) in [5.41, 5.74) is 0. The Kier molecular flexibility index (Phi) is 241. The van der Waals surface area contributed by atoms with Crippen LogP contribution in [0.5, 0.6) is 0 Å². The van der Waals surface area contributed by atoms with Crippen LogP contribution in [0.1, 0.15) is 0 Å². The van der Waals surface area contributed by atoms with E-state index < -0.39 is 0 Å². The SMILES string of the molecule is [AlH3].[B].[GaH3].[InH3].[Tl]. The van der Waals surface area contributed by atoms with Crippen LogP contribution in [0.15, 0.2) is 0 Å². The Balaban J connectivity index is 0. The average Bonchev–Trinajstić information content (AvgIpc) is 0. The minimum Gasteiger partial charge on any atom is 0 e. The third-order valence-corrected chi connectivity index (χ3v) is 0. The predicted molar refractivity (Wildman–Crippen MR) is 41.3 cm³/mol. The second-order valence-electron chi connectivity index (χ2n) is 0. The van der Waals surface area contributed by atoms with Gasteiger partial charge >= 0.3 is 45.6 Å².